The van der Waals surface area contributed by atoms with E-state index in [4.69, 9.17) is 9.47 Å². The lowest BCUT2D eigenvalue weighted by atomic mass is 10.0. The number of nitrogens with one attached hydrogen (secondary N) is 2. The van der Waals surface area contributed by atoms with Gasteiger partial charge in [-0.3, -0.25) is 4.99 Å². The highest BCUT2D eigenvalue weighted by atomic mass is 127. The summed E-state index contributed by atoms with van der Waals surface area (Å²) in [5, 5.41) is 6.35. The van der Waals surface area contributed by atoms with Gasteiger partial charge in [0, 0.05) is 26.7 Å². The topological polar surface area (TPSA) is 54.9 Å². The number of aliphatic imine (C=N–C) groups is 1. The monoisotopic (exact) mass is 487 g/mol. The van der Waals surface area contributed by atoms with Crippen LogP contribution >= 0.6 is 24.0 Å². The number of benzene rings is 1. The molecule has 1 aromatic rings. The molecule has 5 nitrogen and oxygen atoms in total. The molecule has 1 atom stereocenters. The molecule has 2 N–H and O–H groups in total. The van der Waals surface area contributed by atoms with Crippen molar-refractivity contribution in [3.8, 4) is 5.75 Å². The van der Waals surface area contributed by atoms with Crippen molar-refractivity contribution in [3.63, 3.8) is 0 Å². The van der Waals surface area contributed by atoms with Crippen LogP contribution in [0.3, 0.4) is 0 Å². The van der Waals surface area contributed by atoms with Crippen LogP contribution in [0, 0.1) is 0 Å². The first kappa shape index (κ1) is 22.8. The van der Waals surface area contributed by atoms with E-state index < -0.39 is 12.8 Å². The fraction of sp³-hybridized carbons (Fsp3) is 0.588. The van der Waals surface area contributed by atoms with Gasteiger partial charge >= 0.3 is 6.18 Å². The lowest BCUT2D eigenvalue weighted by Crippen LogP contribution is -2.45. The molecule has 1 saturated heterocycles. The number of nitrogens with zero attached hydrogens (tertiary/aromatic N) is 1. The predicted octanol–water partition coefficient (Wildman–Crippen LogP) is 3.48. The zero-order valence-electron chi connectivity index (χ0n) is 14.9. The van der Waals surface area contributed by atoms with Gasteiger partial charge in [-0.2, -0.15) is 13.2 Å². The van der Waals surface area contributed by atoms with Crippen molar-refractivity contribution in [2.24, 2.45) is 4.99 Å². The third kappa shape index (κ3) is 7.98. The maximum Gasteiger partial charge on any atom is 0.422 e. The molecule has 1 aliphatic heterocycles. The molecular weight excluding hydrogens is 462 g/mol. The molecule has 0 amide bonds. The summed E-state index contributed by atoms with van der Waals surface area (Å²) in [7, 11) is 1.66. The van der Waals surface area contributed by atoms with E-state index >= 15 is 0 Å². The van der Waals surface area contributed by atoms with Crippen molar-refractivity contribution >= 4 is 29.9 Å². The molecule has 1 heterocycles. The van der Waals surface area contributed by atoms with Gasteiger partial charge in [-0.25, -0.2) is 0 Å². The lowest BCUT2D eigenvalue weighted by Gasteiger charge is -2.24. The molecule has 0 spiro atoms. The fourth-order valence-corrected chi connectivity index (χ4v) is 2.56. The zero-order valence-corrected chi connectivity index (χ0v) is 17.2. The minimum absolute atomic E-state index is 0. The van der Waals surface area contributed by atoms with E-state index in [2.05, 4.69) is 22.5 Å². The van der Waals surface area contributed by atoms with Crippen molar-refractivity contribution in [1.82, 2.24) is 10.6 Å². The van der Waals surface area contributed by atoms with Crippen LogP contribution in [0.2, 0.25) is 0 Å². The second kappa shape index (κ2) is 10.2. The highest BCUT2D eigenvalue weighted by Crippen LogP contribution is 2.23. The normalized spacial score (nSPS) is 20.4. The first-order valence-corrected chi connectivity index (χ1v) is 8.17. The average Bonchev–Trinajstić information content (AvgIpc) is 3.00. The smallest absolute Gasteiger partial charge is 0.422 e. The third-order valence-corrected chi connectivity index (χ3v) is 3.91. The first-order chi connectivity index (χ1) is 11.8. The Morgan fingerprint density at radius 3 is 2.73 bits per heavy atom. The van der Waals surface area contributed by atoms with E-state index in [-0.39, 0.29) is 35.3 Å². The Labute approximate surface area is 168 Å². The second-order valence-corrected chi connectivity index (χ2v) is 6.23. The van der Waals surface area contributed by atoms with Crippen LogP contribution in [0.5, 0.6) is 5.75 Å². The maximum absolute atomic E-state index is 12.2. The Hall–Kier alpha value is -1.23. The van der Waals surface area contributed by atoms with Crippen LogP contribution in [0.25, 0.3) is 0 Å². The summed E-state index contributed by atoms with van der Waals surface area (Å²) in [6.07, 6.45) is -2.30. The highest BCUT2D eigenvalue weighted by Gasteiger charge is 2.30. The Kier molecular flexibility index (Phi) is 8.94. The molecule has 26 heavy (non-hydrogen) atoms. The van der Waals surface area contributed by atoms with Gasteiger partial charge in [-0.1, -0.05) is 12.1 Å². The Balaban J connectivity index is 0.00000338. The quantitative estimate of drug-likeness (QED) is 0.367. The van der Waals surface area contributed by atoms with Crippen LogP contribution in [-0.4, -0.2) is 44.5 Å². The van der Waals surface area contributed by atoms with Crippen LogP contribution in [0.4, 0.5) is 13.2 Å². The SMILES string of the molecule is CN=C(NCc1cccc(OCC(F)(F)F)c1)NCC1(C)CCCO1.I. The molecule has 1 unspecified atom stereocenters. The van der Waals surface area contributed by atoms with Crippen molar-refractivity contribution in [2.75, 3.05) is 26.8 Å². The molecule has 148 valence electrons. The molecule has 0 aliphatic carbocycles. The van der Waals surface area contributed by atoms with E-state index in [1.165, 1.54) is 6.07 Å². The van der Waals surface area contributed by atoms with Gasteiger partial charge < -0.3 is 20.1 Å². The van der Waals surface area contributed by atoms with Gasteiger partial charge in [0.15, 0.2) is 12.6 Å². The summed E-state index contributed by atoms with van der Waals surface area (Å²) >= 11 is 0. The standard InChI is InChI=1S/C17H24F3N3O2.HI/c1-16(7-4-8-25-16)11-23-15(21-2)22-10-13-5-3-6-14(9-13)24-12-17(18,19)20;/h3,5-6,9H,4,7-8,10-12H2,1-2H3,(H2,21,22,23);1H. The van der Waals surface area contributed by atoms with E-state index in [1.807, 2.05) is 6.07 Å². The molecule has 1 fully saturated rings. The maximum atomic E-state index is 12.2. The molecule has 0 bridgehead atoms. The van der Waals surface area contributed by atoms with E-state index in [9.17, 15) is 13.2 Å². The minimum Gasteiger partial charge on any atom is -0.484 e. The van der Waals surface area contributed by atoms with Crippen molar-refractivity contribution in [3.05, 3.63) is 29.8 Å². The van der Waals surface area contributed by atoms with Gasteiger partial charge in [0.2, 0.25) is 0 Å². The number of hydrogen-bond acceptors (Lipinski definition) is 3. The number of ether oxygens (including phenoxy) is 2. The summed E-state index contributed by atoms with van der Waals surface area (Å²) in [5.41, 5.74) is 0.606. The number of rotatable bonds is 6. The Morgan fingerprint density at radius 2 is 2.12 bits per heavy atom. The van der Waals surface area contributed by atoms with Crippen LogP contribution < -0.4 is 15.4 Å². The summed E-state index contributed by atoms with van der Waals surface area (Å²) < 4.78 is 47.1. The summed E-state index contributed by atoms with van der Waals surface area (Å²) in [5.74, 6) is 0.796. The van der Waals surface area contributed by atoms with Gasteiger partial charge in [0.25, 0.3) is 0 Å². The number of guanidine groups is 1. The molecule has 0 radical (unpaired) electrons. The van der Waals surface area contributed by atoms with Crippen LogP contribution in [-0.2, 0) is 11.3 Å². The van der Waals surface area contributed by atoms with Gasteiger partial charge in [-0.15, -0.1) is 24.0 Å². The zero-order chi connectivity index (χ0) is 18.3. The molecular formula is C17H25F3IN3O2. The second-order valence-electron chi connectivity index (χ2n) is 6.23. The highest BCUT2D eigenvalue weighted by molar-refractivity contribution is 14.0. The summed E-state index contributed by atoms with van der Waals surface area (Å²) in [6.45, 7) is 2.59. The first-order valence-electron chi connectivity index (χ1n) is 8.17. The van der Waals surface area contributed by atoms with Gasteiger partial charge in [-0.05, 0) is 37.5 Å². The third-order valence-electron chi connectivity index (χ3n) is 3.91. The summed E-state index contributed by atoms with van der Waals surface area (Å²) in [6, 6.07) is 6.54. The van der Waals surface area contributed by atoms with Crippen LogP contribution in [0.1, 0.15) is 25.3 Å². The number of hydrogen-bond donors (Lipinski definition) is 2. The molecule has 1 aromatic carbocycles. The Morgan fingerprint density at radius 1 is 1.35 bits per heavy atom. The van der Waals surface area contributed by atoms with Gasteiger partial charge in [0.05, 0.1) is 5.60 Å². The fourth-order valence-electron chi connectivity index (χ4n) is 2.56. The molecule has 2 rings (SSSR count). The Bertz CT molecular complexity index is 591. The van der Waals surface area contributed by atoms with E-state index in [0.717, 1.165) is 25.0 Å². The van der Waals surface area contributed by atoms with Gasteiger partial charge in [0.1, 0.15) is 5.75 Å². The summed E-state index contributed by atoms with van der Waals surface area (Å²) in [4.78, 5) is 4.15. The minimum atomic E-state index is -4.35. The van der Waals surface area contributed by atoms with E-state index in [1.54, 1.807) is 19.2 Å². The van der Waals surface area contributed by atoms with Crippen molar-refractivity contribution in [2.45, 2.75) is 38.1 Å². The average molecular weight is 487 g/mol. The lowest BCUT2D eigenvalue weighted by molar-refractivity contribution is -0.153. The molecule has 0 saturated carbocycles. The molecule has 0 aromatic heterocycles. The molecule has 9 heteroatoms. The number of halogens is 4. The van der Waals surface area contributed by atoms with Crippen molar-refractivity contribution in [1.29, 1.82) is 0 Å². The largest absolute Gasteiger partial charge is 0.484 e. The predicted molar refractivity (Wildman–Crippen MR) is 105 cm³/mol. The van der Waals surface area contributed by atoms with Crippen LogP contribution in [0.15, 0.2) is 29.3 Å². The number of alkyl halides is 3. The van der Waals surface area contributed by atoms with E-state index in [0.29, 0.717) is 19.0 Å². The molecule has 1 aliphatic rings. The van der Waals surface area contributed by atoms with Crippen molar-refractivity contribution < 1.29 is 22.6 Å².